The van der Waals surface area contributed by atoms with Crippen LogP contribution in [0.2, 0.25) is 0 Å². The second-order valence-electron chi connectivity index (χ2n) is 5.38. The van der Waals surface area contributed by atoms with Gasteiger partial charge in [0, 0.05) is 21.0 Å². The second-order valence-corrected chi connectivity index (χ2v) is 7.84. The van der Waals surface area contributed by atoms with Crippen molar-refractivity contribution in [2.75, 3.05) is 11.1 Å². The Bertz CT molecular complexity index is 863. The van der Waals surface area contributed by atoms with Crippen LogP contribution >= 0.6 is 22.7 Å². The molecular weight excluding hydrogens is 326 g/mol. The van der Waals surface area contributed by atoms with Crippen LogP contribution in [0.1, 0.15) is 30.6 Å². The molecule has 0 aliphatic rings. The number of anilines is 3. The lowest BCUT2D eigenvalue weighted by atomic mass is 10.1. The summed E-state index contributed by atoms with van der Waals surface area (Å²) in [6.45, 7) is 5.98. The summed E-state index contributed by atoms with van der Waals surface area (Å²) in [5, 5.41) is 3.82. The van der Waals surface area contributed by atoms with Crippen molar-refractivity contribution in [2.24, 2.45) is 0 Å². The number of ketones is 1. The molecule has 118 valence electrons. The number of rotatable bonds is 4. The third kappa shape index (κ3) is 3.28. The predicted molar refractivity (Wildman–Crippen MR) is 98.2 cm³/mol. The zero-order valence-corrected chi connectivity index (χ0v) is 14.8. The van der Waals surface area contributed by atoms with Crippen molar-refractivity contribution in [3.05, 3.63) is 56.1 Å². The van der Waals surface area contributed by atoms with Crippen LogP contribution < -0.4 is 11.1 Å². The number of carbonyl (C=O) groups is 1. The standard InChI is InChI=1S/C17H17N3OS2/c1-9-4-6-12(7-5-9)19-17-20-16(18)15(23-17)14(21)13-8-10(2)22-11(13)3/h4-8H,18H2,1-3H3,(H,19,20). The number of benzene rings is 1. The maximum atomic E-state index is 12.7. The van der Waals surface area contributed by atoms with Crippen molar-refractivity contribution in [3.63, 3.8) is 0 Å². The number of hydrogen-bond donors (Lipinski definition) is 2. The van der Waals surface area contributed by atoms with E-state index in [0.717, 1.165) is 15.4 Å². The molecule has 6 heteroatoms. The largest absolute Gasteiger partial charge is 0.382 e. The Morgan fingerprint density at radius 3 is 2.43 bits per heavy atom. The summed E-state index contributed by atoms with van der Waals surface area (Å²) < 4.78 is 0. The third-order valence-corrected chi connectivity index (χ3v) is 5.40. The van der Waals surface area contributed by atoms with Gasteiger partial charge in [-0.2, -0.15) is 0 Å². The number of nitrogen functional groups attached to an aromatic ring is 1. The van der Waals surface area contributed by atoms with Crippen LogP contribution in [0, 0.1) is 20.8 Å². The van der Waals surface area contributed by atoms with Crippen molar-refractivity contribution >= 4 is 45.1 Å². The lowest BCUT2D eigenvalue weighted by Gasteiger charge is -2.01. The summed E-state index contributed by atoms with van der Waals surface area (Å²) >= 11 is 2.90. The molecule has 0 amide bonds. The molecule has 23 heavy (non-hydrogen) atoms. The monoisotopic (exact) mass is 343 g/mol. The maximum absolute atomic E-state index is 12.7. The van der Waals surface area contributed by atoms with Crippen LogP contribution in [0.5, 0.6) is 0 Å². The summed E-state index contributed by atoms with van der Waals surface area (Å²) in [6, 6.07) is 9.89. The van der Waals surface area contributed by atoms with E-state index < -0.39 is 0 Å². The third-order valence-electron chi connectivity index (χ3n) is 3.45. The van der Waals surface area contributed by atoms with Crippen molar-refractivity contribution in [1.29, 1.82) is 0 Å². The van der Waals surface area contributed by atoms with E-state index in [2.05, 4.69) is 10.3 Å². The fraction of sp³-hybridized carbons (Fsp3) is 0.176. The molecule has 4 nitrogen and oxygen atoms in total. The highest BCUT2D eigenvalue weighted by Crippen LogP contribution is 2.32. The number of thiazole rings is 1. The number of aryl methyl sites for hydroxylation is 3. The molecule has 3 N–H and O–H groups in total. The van der Waals surface area contributed by atoms with Crippen LogP contribution in [0.3, 0.4) is 0 Å². The average Bonchev–Trinajstić information content (AvgIpc) is 3.03. The number of carbonyl (C=O) groups excluding carboxylic acids is 1. The van der Waals surface area contributed by atoms with Crippen molar-refractivity contribution < 1.29 is 4.79 Å². The Morgan fingerprint density at radius 2 is 1.83 bits per heavy atom. The fourth-order valence-electron chi connectivity index (χ4n) is 2.29. The molecular formula is C17H17N3OS2. The number of nitrogens with two attached hydrogens (primary N) is 1. The highest BCUT2D eigenvalue weighted by molar-refractivity contribution is 7.18. The van der Waals surface area contributed by atoms with Gasteiger partial charge in [0.15, 0.2) is 5.13 Å². The lowest BCUT2D eigenvalue weighted by molar-refractivity contribution is 0.104. The molecule has 0 saturated carbocycles. The first-order valence-electron chi connectivity index (χ1n) is 7.16. The molecule has 0 radical (unpaired) electrons. The lowest BCUT2D eigenvalue weighted by Crippen LogP contribution is -2.02. The molecule has 0 atom stereocenters. The van der Waals surface area contributed by atoms with Crippen LogP contribution in [0.4, 0.5) is 16.6 Å². The number of aromatic nitrogens is 1. The van der Waals surface area contributed by atoms with Gasteiger partial charge < -0.3 is 11.1 Å². The first-order chi connectivity index (χ1) is 10.9. The van der Waals surface area contributed by atoms with Crippen LogP contribution in [0.15, 0.2) is 30.3 Å². The van der Waals surface area contributed by atoms with Crippen molar-refractivity contribution in [1.82, 2.24) is 4.98 Å². The molecule has 3 aromatic rings. The summed E-state index contributed by atoms with van der Waals surface area (Å²) in [5.74, 6) is 0.219. The highest BCUT2D eigenvalue weighted by Gasteiger charge is 2.21. The molecule has 0 saturated heterocycles. The average molecular weight is 343 g/mol. The number of thiophene rings is 1. The Balaban J connectivity index is 1.87. The summed E-state index contributed by atoms with van der Waals surface area (Å²) in [6.07, 6.45) is 0. The van der Waals surface area contributed by atoms with E-state index in [1.807, 2.05) is 51.1 Å². The van der Waals surface area contributed by atoms with E-state index >= 15 is 0 Å². The maximum Gasteiger partial charge on any atom is 0.207 e. The number of nitrogens with one attached hydrogen (secondary N) is 1. The van der Waals surface area contributed by atoms with E-state index in [1.54, 1.807) is 11.3 Å². The molecule has 0 unspecified atom stereocenters. The van der Waals surface area contributed by atoms with E-state index in [0.29, 0.717) is 15.6 Å². The van der Waals surface area contributed by atoms with Crippen LogP contribution in [-0.4, -0.2) is 10.8 Å². The molecule has 2 aromatic heterocycles. The van der Waals surface area contributed by atoms with Gasteiger partial charge in [0.25, 0.3) is 0 Å². The molecule has 0 aliphatic heterocycles. The Hall–Kier alpha value is -2.18. The van der Waals surface area contributed by atoms with Gasteiger partial charge in [-0.1, -0.05) is 29.0 Å². The normalized spacial score (nSPS) is 10.7. The zero-order valence-electron chi connectivity index (χ0n) is 13.1. The second kappa shape index (κ2) is 6.14. The van der Waals surface area contributed by atoms with Gasteiger partial charge in [-0.25, -0.2) is 4.98 Å². The molecule has 0 fully saturated rings. The first kappa shape index (κ1) is 15.7. The highest BCUT2D eigenvalue weighted by atomic mass is 32.1. The van der Waals surface area contributed by atoms with Gasteiger partial charge in [-0.05, 0) is 39.0 Å². The Kier molecular flexibility index (Phi) is 4.19. The minimum absolute atomic E-state index is 0.0567. The van der Waals surface area contributed by atoms with Crippen LogP contribution in [-0.2, 0) is 0 Å². The van der Waals surface area contributed by atoms with E-state index in [9.17, 15) is 4.79 Å². The van der Waals surface area contributed by atoms with Gasteiger partial charge in [-0.3, -0.25) is 4.79 Å². The van der Waals surface area contributed by atoms with Gasteiger partial charge in [0.2, 0.25) is 5.78 Å². The van der Waals surface area contributed by atoms with Crippen molar-refractivity contribution in [3.8, 4) is 0 Å². The van der Waals surface area contributed by atoms with Crippen molar-refractivity contribution in [2.45, 2.75) is 20.8 Å². The smallest absolute Gasteiger partial charge is 0.207 e. The van der Waals surface area contributed by atoms with Crippen LogP contribution in [0.25, 0.3) is 0 Å². The molecule has 2 heterocycles. The minimum Gasteiger partial charge on any atom is -0.382 e. The van der Waals surface area contributed by atoms with Gasteiger partial charge in [-0.15, -0.1) is 11.3 Å². The molecule has 0 aliphatic carbocycles. The predicted octanol–water partition coefficient (Wildman–Crippen LogP) is 4.69. The quantitative estimate of drug-likeness (QED) is 0.675. The first-order valence-corrected chi connectivity index (χ1v) is 8.79. The Labute approximate surface area is 143 Å². The number of nitrogens with zero attached hydrogens (tertiary/aromatic N) is 1. The molecule has 0 spiro atoms. The number of hydrogen-bond acceptors (Lipinski definition) is 6. The van der Waals surface area contributed by atoms with Gasteiger partial charge in [0.05, 0.1) is 0 Å². The Morgan fingerprint density at radius 1 is 1.13 bits per heavy atom. The topological polar surface area (TPSA) is 68.0 Å². The molecule has 0 bridgehead atoms. The van der Waals surface area contributed by atoms with Gasteiger partial charge in [0.1, 0.15) is 10.7 Å². The van der Waals surface area contributed by atoms with E-state index in [1.165, 1.54) is 16.9 Å². The van der Waals surface area contributed by atoms with E-state index in [-0.39, 0.29) is 11.6 Å². The molecule has 1 aromatic carbocycles. The summed E-state index contributed by atoms with van der Waals surface area (Å²) in [7, 11) is 0. The van der Waals surface area contributed by atoms with E-state index in [4.69, 9.17) is 5.73 Å². The minimum atomic E-state index is -0.0567. The fourth-order valence-corrected chi connectivity index (χ4v) is 4.07. The zero-order chi connectivity index (χ0) is 16.6. The summed E-state index contributed by atoms with van der Waals surface area (Å²) in [5.41, 5.74) is 8.78. The summed E-state index contributed by atoms with van der Waals surface area (Å²) in [4.78, 5) is 19.6. The van der Waals surface area contributed by atoms with Gasteiger partial charge >= 0.3 is 0 Å². The molecule has 3 rings (SSSR count). The SMILES string of the molecule is Cc1ccc(Nc2nc(N)c(C(=O)c3cc(C)sc3C)s2)cc1.